The molecule has 0 aromatic heterocycles. The molecule has 6 heteroatoms. The second kappa shape index (κ2) is 6.58. The Morgan fingerprint density at radius 3 is 2.55 bits per heavy atom. The van der Waals surface area contributed by atoms with Gasteiger partial charge in [0.25, 0.3) is 0 Å². The zero-order chi connectivity index (χ0) is 14.7. The molecule has 1 saturated heterocycles. The van der Waals surface area contributed by atoms with Crippen molar-refractivity contribution in [2.75, 3.05) is 20.0 Å². The van der Waals surface area contributed by atoms with Crippen molar-refractivity contribution in [3.8, 4) is 0 Å². The highest BCUT2D eigenvalue weighted by Crippen LogP contribution is 2.35. The summed E-state index contributed by atoms with van der Waals surface area (Å²) in [5.41, 5.74) is 0.924. The van der Waals surface area contributed by atoms with Crippen LogP contribution in [0.1, 0.15) is 18.6 Å². The fourth-order valence-corrected chi connectivity index (χ4v) is 2.82. The van der Waals surface area contributed by atoms with Crippen molar-refractivity contribution in [3.63, 3.8) is 0 Å². The quantitative estimate of drug-likeness (QED) is 0.856. The number of amides is 1. The van der Waals surface area contributed by atoms with Crippen molar-refractivity contribution in [2.45, 2.75) is 30.4 Å². The molecule has 0 saturated carbocycles. The Hall–Kier alpha value is -1.08. The van der Waals surface area contributed by atoms with E-state index in [0.717, 1.165) is 10.5 Å². The van der Waals surface area contributed by atoms with Crippen LogP contribution in [0.5, 0.6) is 0 Å². The standard InChI is InChI=1S/C14H19NO4S/c1-9(17)15-12(8-16)13(19-14(15)18-2)10-4-6-11(20-3)7-5-10/h4-7,12-14,16H,8H2,1-3H3/t12?,13-,14-/m0/s1. The van der Waals surface area contributed by atoms with Gasteiger partial charge >= 0.3 is 0 Å². The number of methoxy groups -OCH3 is 1. The van der Waals surface area contributed by atoms with Crippen LogP contribution in [0.3, 0.4) is 0 Å². The molecule has 110 valence electrons. The molecule has 1 aromatic carbocycles. The van der Waals surface area contributed by atoms with Crippen molar-refractivity contribution in [1.82, 2.24) is 4.90 Å². The average Bonchev–Trinajstić information content (AvgIpc) is 2.86. The molecule has 1 amide bonds. The van der Waals surface area contributed by atoms with Crippen LogP contribution >= 0.6 is 11.8 Å². The molecule has 0 bridgehead atoms. The van der Waals surface area contributed by atoms with Gasteiger partial charge in [0.05, 0.1) is 12.6 Å². The Morgan fingerprint density at radius 1 is 1.45 bits per heavy atom. The van der Waals surface area contributed by atoms with Crippen molar-refractivity contribution in [2.24, 2.45) is 0 Å². The number of thioether (sulfide) groups is 1. The predicted octanol–water partition coefficient (Wildman–Crippen LogP) is 1.62. The maximum atomic E-state index is 11.7. The van der Waals surface area contributed by atoms with Gasteiger partial charge in [0.2, 0.25) is 12.3 Å². The Morgan fingerprint density at radius 2 is 2.10 bits per heavy atom. The zero-order valence-corrected chi connectivity index (χ0v) is 12.6. The minimum atomic E-state index is -0.755. The molecule has 0 radical (unpaired) electrons. The first-order chi connectivity index (χ1) is 9.62. The molecule has 5 nitrogen and oxygen atoms in total. The summed E-state index contributed by atoms with van der Waals surface area (Å²) in [6, 6.07) is 7.47. The van der Waals surface area contributed by atoms with E-state index in [1.807, 2.05) is 30.5 Å². The lowest BCUT2D eigenvalue weighted by Gasteiger charge is -2.25. The van der Waals surface area contributed by atoms with Crippen LogP contribution in [0, 0.1) is 0 Å². The first-order valence-electron chi connectivity index (χ1n) is 6.34. The monoisotopic (exact) mass is 297 g/mol. The summed E-state index contributed by atoms with van der Waals surface area (Å²) in [5.74, 6) is -0.181. The van der Waals surface area contributed by atoms with Gasteiger partial charge in [0, 0.05) is 18.9 Å². The molecule has 3 atom stereocenters. The van der Waals surface area contributed by atoms with E-state index in [0.29, 0.717) is 0 Å². The van der Waals surface area contributed by atoms with Gasteiger partial charge in [-0.3, -0.25) is 9.69 Å². The van der Waals surface area contributed by atoms with Gasteiger partial charge in [0.15, 0.2) is 0 Å². The Bertz CT molecular complexity index is 465. The first-order valence-corrected chi connectivity index (χ1v) is 7.56. The number of hydrogen-bond acceptors (Lipinski definition) is 5. The first kappa shape index (κ1) is 15.3. The average molecular weight is 297 g/mol. The third kappa shape index (κ3) is 2.83. The number of ether oxygens (including phenoxy) is 2. The number of aliphatic hydroxyl groups is 1. The van der Waals surface area contributed by atoms with Crippen molar-refractivity contribution in [1.29, 1.82) is 0 Å². The predicted molar refractivity (Wildman–Crippen MR) is 76.2 cm³/mol. The SMILES string of the molecule is CO[C@H]1O[C@@H](c2ccc(SC)cc2)C(CO)N1C(C)=O. The second-order valence-electron chi connectivity index (χ2n) is 4.55. The van der Waals surface area contributed by atoms with E-state index in [2.05, 4.69) is 0 Å². The number of nitrogens with zero attached hydrogens (tertiary/aromatic N) is 1. The van der Waals surface area contributed by atoms with Crippen LogP contribution < -0.4 is 0 Å². The number of hydrogen-bond donors (Lipinski definition) is 1. The van der Waals surface area contributed by atoms with E-state index >= 15 is 0 Å². The van der Waals surface area contributed by atoms with E-state index < -0.39 is 12.5 Å². The molecule has 1 fully saturated rings. The van der Waals surface area contributed by atoms with E-state index in [4.69, 9.17) is 9.47 Å². The van der Waals surface area contributed by atoms with Crippen LogP contribution in [0.25, 0.3) is 0 Å². The Kier molecular flexibility index (Phi) is 5.04. The smallest absolute Gasteiger partial charge is 0.243 e. The molecule has 1 heterocycles. The fourth-order valence-electron chi connectivity index (χ4n) is 2.41. The van der Waals surface area contributed by atoms with Gasteiger partial charge in [-0.2, -0.15) is 0 Å². The molecule has 1 aliphatic heterocycles. The Labute approximate surface area is 122 Å². The van der Waals surface area contributed by atoms with E-state index in [9.17, 15) is 9.90 Å². The van der Waals surface area contributed by atoms with Crippen LogP contribution in [-0.4, -0.2) is 48.3 Å². The molecule has 1 aromatic rings. The summed E-state index contributed by atoms with van der Waals surface area (Å²) in [7, 11) is 1.48. The summed E-state index contributed by atoms with van der Waals surface area (Å²) >= 11 is 1.66. The van der Waals surface area contributed by atoms with Crippen LogP contribution in [0.4, 0.5) is 0 Å². The Balaban J connectivity index is 2.28. The summed E-state index contributed by atoms with van der Waals surface area (Å²) in [6.45, 7) is 1.27. The highest BCUT2D eigenvalue weighted by atomic mass is 32.2. The lowest BCUT2D eigenvalue weighted by molar-refractivity contribution is -0.182. The minimum absolute atomic E-state index is 0.172. The topological polar surface area (TPSA) is 59.0 Å². The minimum Gasteiger partial charge on any atom is -0.394 e. The molecule has 0 aliphatic carbocycles. The second-order valence-corrected chi connectivity index (χ2v) is 5.43. The molecular weight excluding hydrogens is 278 g/mol. The zero-order valence-electron chi connectivity index (χ0n) is 11.8. The van der Waals surface area contributed by atoms with Gasteiger partial charge in [0.1, 0.15) is 6.10 Å². The van der Waals surface area contributed by atoms with Gasteiger partial charge in [-0.15, -0.1) is 11.8 Å². The number of carbonyl (C=O) groups is 1. The maximum absolute atomic E-state index is 11.7. The number of carbonyl (C=O) groups excluding carboxylic acids is 1. The number of rotatable bonds is 4. The highest BCUT2D eigenvalue weighted by Gasteiger charge is 2.44. The molecule has 2 rings (SSSR count). The van der Waals surface area contributed by atoms with E-state index in [1.165, 1.54) is 18.9 Å². The van der Waals surface area contributed by atoms with E-state index in [-0.39, 0.29) is 18.6 Å². The lowest BCUT2D eigenvalue weighted by atomic mass is 10.0. The molecule has 20 heavy (non-hydrogen) atoms. The van der Waals surface area contributed by atoms with Crippen molar-refractivity contribution < 1.29 is 19.4 Å². The van der Waals surface area contributed by atoms with Gasteiger partial charge in [-0.1, -0.05) is 12.1 Å². The molecule has 0 spiro atoms. The van der Waals surface area contributed by atoms with Gasteiger partial charge < -0.3 is 14.6 Å². The van der Waals surface area contributed by atoms with Crippen LogP contribution in [0.2, 0.25) is 0 Å². The normalized spacial score (nSPS) is 26.0. The fraction of sp³-hybridized carbons (Fsp3) is 0.500. The van der Waals surface area contributed by atoms with Gasteiger partial charge in [-0.25, -0.2) is 0 Å². The van der Waals surface area contributed by atoms with Gasteiger partial charge in [-0.05, 0) is 24.0 Å². The number of aliphatic hydroxyl groups excluding tert-OH is 1. The maximum Gasteiger partial charge on any atom is 0.243 e. The largest absolute Gasteiger partial charge is 0.394 e. The van der Waals surface area contributed by atoms with Crippen molar-refractivity contribution >= 4 is 17.7 Å². The third-order valence-corrected chi connectivity index (χ3v) is 4.14. The summed E-state index contributed by atoms with van der Waals surface area (Å²) in [6.07, 6.45) is 0.871. The molecule has 1 N–H and O–H groups in total. The summed E-state index contributed by atoms with van der Waals surface area (Å²) in [5, 5.41) is 9.60. The third-order valence-electron chi connectivity index (χ3n) is 3.39. The van der Waals surface area contributed by atoms with E-state index in [1.54, 1.807) is 11.8 Å². The summed E-state index contributed by atoms with van der Waals surface area (Å²) in [4.78, 5) is 14.3. The van der Waals surface area contributed by atoms with Crippen LogP contribution in [-0.2, 0) is 14.3 Å². The summed E-state index contributed by atoms with van der Waals surface area (Å²) < 4.78 is 10.9. The number of benzene rings is 1. The molecular formula is C14H19NO4S. The highest BCUT2D eigenvalue weighted by molar-refractivity contribution is 7.98. The lowest BCUT2D eigenvalue weighted by Crippen LogP contribution is -2.43. The van der Waals surface area contributed by atoms with Crippen LogP contribution in [0.15, 0.2) is 29.2 Å². The molecule has 1 aliphatic rings. The van der Waals surface area contributed by atoms with Crippen molar-refractivity contribution in [3.05, 3.63) is 29.8 Å². The molecule has 1 unspecified atom stereocenters.